The van der Waals surface area contributed by atoms with Gasteiger partial charge in [0.05, 0.1) is 28.5 Å². The van der Waals surface area contributed by atoms with E-state index in [0.29, 0.717) is 6.42 Å². The van der Waals surface area contributed by atoms with Crippen LogP contribution in [0.2, 0.25) is 0 Å². The zero-order valence-electron chi connectivity index (χ0n) is 18.7. The van der Waals surface area contributed by atoms with Gasteiger partial charge in [0, 0.05) is 13.5 Å². The van der Waals surface area contributed by atoms with Crippen molar-refractivity contribution in [1.82, 2.24) is 24.5 Å². The van der Waals surface area contributed by atoms with Crippen LogP contribution in [0.1, 0.15) is 28.3 Å². The molecule has 32 heavy (non-hydrogen) atoms. The summed E-state index contributed by atoms with van der Waals surface area (Å²) in [4.78, 5) is 12.7. The zero-order valence-corrected chi connectivity index (χ0v) is 19.5. The van der Waals surface area contributed by atoms with E-state index in [-0.39, 0.29) is 11.7 Å². The molecule has 2 aromatic heterocycles. The maximum Gasteiger partial charge on any atom is 0.234 e. The number of aryl methyl sites for hydroxylation is 2. The van der Waals surface area contributed by atoms with Crippen molar-refractivity contribution in [2.45, 2.75) is 32.3 Å². The molecule has 0 aliphatic rings. The minimum atomic E-state index is -0.0998. The summed E-state index contributed by atoms with van der Waals surface area (Å²) < 4.78 is 3.80. The fourth-order valence-electron chi connectivity index (χ4n) is 3.47. The van der Waals surface area contributed by atoms with Gasteiger partial charge in [-0.15, -0.1) is 10.2 Å². The molecular formula is C24H26N6OS. The second kappa shape index (κ2) is 9.40. The number of aromatic nitrogens is 5. The summed E-state index contributed by atoms with van der Waals surface area (Å²) in [6, 6.07) is 18.3. The van der Waals surface area contributed by atoms with Gasteiger partial charge in [0.1, 0.15) is 5.82 Å². The highest BCUT2D eigenvalue weighted by Gasteiger charge is 2.17. The van der Waals surface area contributed by atoms with E-state index in [4.69, 9.17) is 0 Å². The Kier molecular flexibility index (Phi) is 6.41. The Morgan fingerprint density at radius 2 is 1.72 bits per heavy atom. The minimum absolute atomic E-state index is 0.0998. The average Bonchev–Trinajstić information content (AvgIpc) is 3.27. The van der Waals surface area contributed by atoms with Crippen molar-refractivity contribution in [3.63, 3.8) is 0 Å². The molecule has 0 bridgehead atoms. The smallest absolute Gasteiger partial charge is 0.234 e. The van der Waals surface area contributed by atoms with Crippen LogP contribution in [0, 0.1) is 20.8 Å². The molecule has 2 heterocycles. The lowest BCUT2D eigenvalue weighted by molar-refractivity contribution is -0.113. The topological polar surface area (TPSA) is 77.6 Å². The van der Waals surface area contributed by atoms with Gasteiger partial charge in [-0.25, -0.2) is 4.68 Å². The molecule has 0 spiro atoms. The molecule has 8 heteroatoms. The lowest BCUT2D eigenvalue weighted by Crippen LogP contribution is -2.15. The van der Waals surface area contributed by atoms with Gasteiger partial charge in [0.2, 0.25) is 5.91 Å². The Hall–Kier alpha value is -3.39. The van der Waals surface area contributed by atoms with Crippen LogP contribution in [-0.4, -0.2) is 36.2 Å². The summed E-state index contributed by atoms with van der Waals surface area (Å²) in [5.41, 5.74) is 5.76. The number of carbonyl (C=O) groups excluding carboxylic acids is 1. The Balaban J connectivity index is 1.40. The molecule has 2 aromatic carbocycles. The van der Waals surface area contributed by atoms with E-state index in [0.717, 1.165) is 33.7 Å². The largest absolute Gasteiger partial charge is 0.322 e. The van der Waals surface area contributed by atoms with Gasteiger partial charge in [0.25, 0.3) is 0 Å². The first-order valence-electron chi connectivity index (χ1n) is 10.4. The molecule has 0 unspecified atom stereocenters. The van der Waals surface area contributed by atoms with E-state index >= 15 is 0 Å². The summed E-state index contributed by atoms with van der Waals surface area (Å²) in [6.45, 7) is 5.91. The summed E-state index contributed by atoms with van der Waals surface area (Å²) in [5.74, 6) is 1.01. The molecule has 0 saturated heterocycles. The molecule has 1 amide bonds. The number of rotatable bonds is 7. The van der Waals surface area contributed by atoms with E-state index in [2.05, 4.69) is 39.7 Å². The number of amides is 1. The van der Waals surface area contributed by atoms with Crippen molar-refractivity contribution >= 4 is 23.4 Å². The number of nitrogens with zero attached hydrogens (tertiary/aromatic N) is 5. The number of carbonyl (C=O) groups is 1. The van der Waals surface area contributed by atoms with Crippen molar-refractivity contribution in [2.75, 3.05) is 11.1 Å². The number of thioether (sulfide) groups is 1. The molecular weight excluding hydrogens is 420 g/mol. The highest BCUT2D eigenvalue weighted by Crippen LogP contribution is 2.24. The molecule has 0 fully saturated rings. The first-order chi connectivity index (χ1) is 15.4. The van der Waals surface area contributed by atoms with Gasteiger partial charge in [-0.05, 0) is 38.5 Å². The number of hydrogen-bond acceptors (Lipinski definition) is 5. The number of nitrogens with one attached hydrogen (secondary N) is 1. The van der Waals surface area contributed by atoms with Crippen molar-refractivity contribution in [3.8, 4) is 5.69 Å². The van der Waals surface area contributed by atoms with Crippen LogP contribution in [0.25, 0.3) is 5.69 Å². The summed E-state index contributed by atoms with van der Waals surface area (Å²) >= 11 is 1.37. The molecule has 0 radical (unpaired) electrons. The Morgan fingerprint density at radius 1 is 1.00 bits per heavy atom. The maximum atomic E-state index is 12.7. The maximum absolute atomic E-state index is 12.7. The van der Waals surface area contributed by atoms with E-state index < -0.39 is 0 Å². The minimum Gasteiger partial charge on any atom is -0.322 e. The molecule has 1 N–H and O–H groups in total. The van der Waals surface area contributed by atoms with E-state index in [1.165, 1.54) is 22.9 Å². The number of hydrogen-bond donors (Lipinski definition) is 1. The van der Waals surface area contributed by atoms with E-state index in [1.54, 1.807) is 0 Å². The summed E-state index contributed by atoms with van der Waals surface area (Å²) in [6.07, 6.45) is 0.702. The lowest BCUT2D eigenvalue weighted by atomic mass is 10.1. The molecule has 7 nitrogen and oxygen atoms in total. The molecule has 4 rings (SSSR count). The van der Waals surface area contributed by atoms with Gasteiger partial charge in [-0.2, -0.15) is 5.10 Å². The predicted molar refractivity (Wildman–Crippen MR) is 127 cm³/mol. The summed E-state index contributed by atoms with van der Waals surface area (Å²) in [5, 5.41) is 16.9. The average molecular weight is 447 g/mol. The van der Waals surface area contributed by atoms with Crippen molar-refractivity contribution in [3.05, 3.63) is 82.9 Å². The Bertz CT molecular complexity index is 1230. The van der Waals surface area contributed by atoms with Crippen LogP contribution in [0.4, 0.5) is 5.69 Å². The number of benzene rings is 2. The number of anilines is 1. The van der Waals surface area contributed by atoms with Crippen LogP contribution < -0.4 is 5.32 Å². The highest BCUT2D eigenvalue weighted by molar-refractivity contribution is 7.99. The molecule has 0 atom stereocenters. The Labute approximate surface area is 191 Å². The second-order valence-corrected chi connectivity index (χ2v) is 8.69. The lowest BCUT2D eigenvalue weighted by Gasteiger charge is -2.08. The molecule has 0 aliphatic carbocycles. The fourth-order valence-corrected chi connectivity index (χ4v) is 4.20. The first-order valence-corrected chi connectivity index (χ1v) is 11.4. The summed E-state index contributed by atoms with van der Waals surface area (Å²) in [7, 11) is 1.93. The van der Waals surface area contributed by atoms with Gasteiger partial charge in [-0.3, -0.25) is 4.79 Å². The standard InChI is InChI=1S/C24H26N6OS/c1-16-10-12-20(13-11-16)30-18(3)23(17(2)28-30)25-22(31)15-32-24-27-26-21(29(24)4)14-19-8-6-5-7-9-19/h5-13H,14-15H2,1-4H3,(H,25,31). The molecule has 0 aliphatic heterocycles. The van der Waals surface area contributed by atoms with Crippen molar-refractivity contribution < 1.29 is 4.79 Å². The van der Waals surface area contributed by atoms with Crippen LogP contribution in [0.15, 0.2) is 59.8 Å². The van der Waals surface area contributed by atoms with Gasteiger partial charge >= 0.3 is 0 Å². The second-order valence-electron chi connectivity index (χ2n) is 7.75. The van der Waals surface area contributed by atoms with Crippen LogP contribution >= 0.6 is 11.8 Å². The molecule has 164 valence electrons. The third kappa shape index (κ3) is 4.75. The van der Waals surface area contributed by atoms with E-state index in [9.17, 15) is 4.79 Å². The van der Waals surface area contributed by atoms with Gasteiger partial charge in [-0.1, -0.05) is 59.8 Å². The predicted octanol–water partition coefficient (Wildman–Crippen LogP) is 4.25. The molecule has 4 aromatic rings. The molecule has 0 saturated carbocycles. The monoisotopic (exact) mass is 446 g/mol. The van der Waals surface area contributed by atoms with Crippen LogP contribution in [0.5, 0.6) is 0 Å². The van der Waals surface area contributed by atoms with E-state index in [1.807, 2.05) is 72.6 Å². The SMILES string of the molecule is Cc1ccc(-n2nc(C)c(NC(=O)CSc3nnc(Cc4ccccc4)n3C)c2C)cc1. The normalized spacial score (nSPS) is 11.0. The van der Waals surface area contributed by atoms with Gasteiger partial charge in [0.15, 0.2) is 5.16 Å². The third-order valence-electron chi connectivity index (χ3n) is 5.30. The zero-order chi connectivity index (χ0) is 22.7. The Morgan fingerprint density at radius 3 is 2.44 bits per heavy atom. The first kappa shape index (κ1) is 21.8. The quantitative estimate of drug-likeness (QED) is 0.430. The van der Waals surface area contributed by atoms with Crippen LogP contribution in [0.3, 0.4) is 0 Å². The van der Waals surface area contributed by atoms with Crippen molar-refractivity contribution in [2.24, 2.45) is 7.05 Å². The van der Waals surface area contributed by atoms with Crippen LogP contribution in [-0.2, 0) is 18.3 Å². The van der Waals surface area contributed by atoms with Gasteiger partial charge < -0.3 is 9.88 Å². The third-order valence-corrected chi connectivity index (χ3v) is 6.32. The highest BCUT2D eigenvalue weighted by atomic mass is 32.2. The van der Waals surface area contributed by atoms with Crippen molar-refractivity contribution in [1.29, 1.82) is 0 Å². The fraction of sp³-hybridized carbons (Fsp3) is 0.250.